The first kappa shape index (κ1) is 13.1. The molecule has 3 nitrogen and oxygen atoms in total. The molecule has 1 aliphatic heterocycles. The van der Waals surface area contributed by atoms with Crippen molar-refractivity contribution in [3.05, 3.63) is 65.7 Å². The average molecular weight is 254 g/mol. The number of hydrogen-bond acceptors (Lipinski definition) is 2. The van der Waals surface area contributed by atoms with Crippen molar-refractivity contribution in [1.29, 1.82) is 0 Å². The summed E-state index contributed by atoms with van der Waals surface area (Å²) in [5, 5.41) is 3.36. The molecule has 0 fully saturated rings. The third-order valence-corrected chi connectivity index (χ3v) is 3.01. The number of anilines is 1. The lowest BCUT2D eigenvalue weighted by molar-refractivity contribution is 0.100. The summed E-state index contributed by atoms with van der Waals surface area (Å²) in [7, 11) is 0. The molecule has 0 saturated heterocycles. The van der Waals surface area contributed by atoms with E-state index in [1.165, 1.54) is 24.1 Å². The SMILES string of the molecule is NC(=O)c1ccccc1.c1ccc2c(c1)CCCN2. The second-order valence-electron chi connectivity index (χ2n) is 4.42. The van der Waals surface area contributed by atoms with Gasteiger partial charge in [0.1, 0.15) is 0 Å². The lowest BCUT2D eigenvalue weighted by Gasteiger charge is -2.16. The molecule has 2 aromatic rings. The first-order valence-electron chi connectivity index (χ1n) is 6.44. The molecule has 0 atom stereocenters. The Morgan fingerprint density at radius 1 is 1.00 bits per heavy atom. The van der Waals surface area contributed by atoms with Crippen LogP contribution in [0.5, 0.6) is 0 Å². The summed E-state index contributed by atoms with van der Waals surface area (Å²) in [6, 6.07) is 17.3. The molecule has 2 aromatic carbocycles. The number of para-hydroxylation sites is 1. The Labute approximate surface area is 113 Å². The summed E-state index contributed by atoms with van der Waals surface area (Å²) in [6.45, 7) is 1.14. The topological polar surface area (TPSA) is 55.1 Å². The molecule has 3 rings (SSSR count). The average Bonchev–Trinajstić information content (AvgIpc) is 2.49. The summed E-state index contributed by atoms with van der Waals surface area (Å²) in [4.78, 5) is 10.4. The van der Waals surface area contributed by atoms with Crippen molar-refractivity contribution in [3.8, 4) is 0 Å². The van der Waals surface area contributed by atoms with Gasteiger partial charge in [0.05, 0.1) is 0 Å². The van der Waals surface area contributed by atoms with Crippen LogP contribution >= 0.6 is 0 Å². The second-order valence-corrected chi connectivity index (χ2v) is 4.42. The van der Waals surface area contributed by atoms with E-state index in [-0.39, 0.29) is 5.91 Å². The summed E-state index contributed by atoms with van der Waals surface area (Å²) in [5.41, 5.74) is 8.32. The maximum absolute atomic E-state index is 10.4. The maximum Gasteiger partial charge on any atom is 0.248 e. The van der Waals surface area contributed by atoms with Gasteiger partial charge in [0.15, 0.2) is 0 Å². The quantitative estimate of drug-likeness (QED) is 0.822. The number of benzene rings is 2. The van der Waals surface area contributed by atoms with Crippen LogP contribution in [0.3, 0.4) is 0 Å². The van der Waals surface area contributed by atoms with Crippen LogP contribution in [0.1, 0.15) is 22.3 Å². The van der Waals surface area contributed by atoms with Gasteiger partial charge in [-0.2, -0.15) is 0 Å². The van der Waals surface area contributed by atoms with E-state index in [0.29, 0.717) is 5.56 Å². The van der Waals surface area contributed by atoms with Crippen LogP contribution in [0, 0.1) is 0 Å². The minimum Gasteiger partial charge on any atom is -0.385 e. The number of nitrogens with two attached hydrogens (primary N) is 1. The normalized spacial score (nSPS) is 12.4. The largest absolute Gasteiger partial charge is 0.385 e. The van der Waals surface area contributed by atoms with Gasteiger partial charge in [-0.25, -0.2) is 0 Å². The van der Waals surface area contributed by atoms with Gasteiger partial charge in [0.25, 0.3) is 0 Å². The first-order valence-corrected chi connectivity index (χ1v) is 6.44. The predicted molar refractivity (Wildman–Crippen MR) is 78.2 cm³/mol. The Kier molecular flexibility index (Phi) is 4.56. The Bertz CT molecular complexity index is 512. The molecular weight excluding hydrogens is 236 g/mol. The van der Waals surface area contributed by atoms with Gasteiger partial charge in [-0.3, -0.25) is 4.79 Å². The third-order valence-electron chi connectivity index (χ3n) is 3.01. The zero-order valence-electron chi connectivity index (χ0n) is 10.8. The van der Waals surface area contributed by atoms with E-state index >= 15 is 0 Å². The number of carbonyl (C=O) groups excluding carboxylic acids is 1. The number of aryl methyl sites for hydroxylation is 1. The zero-order chi connectivity index (χ0) is 13.5. The number of amides is 1. The van der Waals surface area contributed by atoms with Crippen molar-refractivity contribution in [2.24, 2.45) is 5.73 Å². The van der Waals surface area contributed by atoms with Crippen molar-refractivity contribution in [2.45, 2.75) is 12.8 Å². The first-order chi connectivity index (χ1) is 9.27. The lowest BCUT2D eigenvalue weighted by Crippen LogP contribution is -2.10. The molecule has 0 unspecified atom stereocenters. The fraction of sp³-hybridized carbons (Fsp3) is 0.188. The highest BCUT2D eigenvalue weighted by Crippen LogP contribution is 2.20. The molecule has 0 bridgehead atoms. The van der Waals surface area contributed by atoms with Crippen LogP contribution in [0.4, 0.5) is 5.69 Å². The van der Waals surface area contributed by atoms with Crippen LogP contribution < -0.4 is 11.1 Å². The van der Waals surface area contributed by atoms with E-state index < -0.39 is 0 Å². The third kappa shape index (κ3) is 3.85. The fourth-order valence-electron chi connectivity index (χ4n) is 2.02. The molecule has 0 saturated carbocycles. The van der Waals surface area contributed by atoms with Gasteiger partial charge >= 0.3 is 0 Å². The van der Waals surface area contributed by atoms with Crippen LogP contribution in [0.15, 0.2) is 54.6 Å². The van der Waals surface area contributed by atoms with E-state index in [1.54, 1.807) is 24.3 Å². The molecule has 0 aliphatic carbocycles. The van der Waals surface area contributed by atoms with Crippen molar-refractivity contribution in [1.82, 2.24) is 0 Å². The van der Waals surface area contributed by atoms with Crippen molar-refractivity contribution >= 4 is 11.6 Å². The number of fused-ring (bicyclic) bond motifs is 1. The highest BCUT2D eigenvalue weighted by molar-refractivity contribution is 5.92. The van der Waals surface area contributed by atoms with Crippen LogP contribution in [-0.2, 0) is 6.42 Å². The molecule has 3 N–H and O–H groups in total. The number of primary amides is 1. The van der Waals surface area contributed by atoms with E-state index in [9.17, 15) is 4.79 Å². The van der Waals surface area contributed by atoms with Gasteiger partial charge in [0.2, 0.25) is 5.91 Å². The molecule has 0 aromatic heterocycles. The summed E-state index contributed by atoms with van der Waals surface area (Å²) in [6.07, 6.45) is 2.51. The Hall–Kier alpha value is -2.29. The summed E-state index contributed by atoms with van der Waals surface area (Å²) < 4.78 is 0. The van der Waals surface area contributed by atoms with Gasteiger partial charge < -0.3 is 11.1 Å². The van der Waals surface area contributed by atoms with Gasteiger partial charge in [-0.15, -0.1) is 0 Å². The van der Waals surface area contributed by atoms with E-state index in [2.05, 4.69) is 29.6 Å². The fourth-order valence-corrected chi connectivity index (χ4v) is 2.02. The number of hydrogen-bond donors (Lipinski definition) is 2. The zero-order valence-corrected chi connectivity index (χ0v) is 10.8. The minimum absolute atomic E-state index is 0.379. The molecule has 98 valence electrons. The van der Waals surface area contributed by atoms with E-state index in [0.717, 1.165) is 6.54 Å². The molecule has 1 amide bonds. The van der Waals surface area contributed by atoms with Crippen LogP contribution in [0.25, 0.3) is 0 Å². The smallest absolute Gasteiger partial charge is 0.248 e. The Morgan fingerprint density at radius 2 is 1.68 bits per heavy atom. The van der Waals surface area contributed by atoms with Crippen molar-refractivity contribution in [2.75, 3.05) is 11.9 Å². The summed E-state index contributed by atoms with van der Waals surface area (Å²) >= 11 is 0. The van der Waals surface area contributed by atoms with Crippen LogP contribution in [-0.4, -0.2) is 12.5 Å². The molecular formula is C16H18N2O. The molecule has 1 aliphatic rings. The highest BCUT2D eigenvalue weighted by atomic mass is 16.1. The molecule has 0 spiro atoms. The van der Waals surface area contributed by atoms with E-state index in [1.807, 2.05) is 6.07 Å². The van der Waals surface area contributed by atoms with E-state index in [4.69, 9.17) is 5.73 Å². The van der Waals surface area contributed by atoms with Gasteiger partial charge in [-0.05, 0) is 36.6 Å². The molecule has 0 radical (unpaired) electrons. The van der Waals surface area contributed by atoms with Crippen LogP contribution in [0.2, 0.25) is 0 Å². The molecule has 3 heteroatoms. The van der Waals surface area contributed by atoms with Gasteiger partial charge in [-0.1, -0.05) is 36.4 Å². The summed E-state index contributed by atoms with van der Waals surface area (Å²) in [5.74, 6) is -0.379. The lowest BCUT2D eigenvalue weighted by atomic mass is 10.0. The standard InChI is InChI=1S/C9H11N.C7H7NO/c1-2-6-9-8(4-1)5-3-7-10-9;8-7(9)6-4-2-1-3-5-6/h1-2,4,6,10H,3,5,7H2;1-5H,(H2,8,9). The van der Waals surface area contributed by atoms with Gasteiger partial charge in [0, 0.05) is 17.8 Å². The Morgan fingerprint density at radius 3 is 2.32 bits per heavy atom. The molecule has 19 heavy (non-hydrogen) atoms. The minimum atomic E-state index is -0.379. The predicted octanol–water partition coefficient (Wildman–Crippen LogP) is 2.83. The number of carbonyl (C=O) groups is 1. The van der Waals surface area contributed by atoms with Crippen molar-refractivity contribution < 1.29 is 4.79 Å². The molecule has 1 heterocycles. The monoisotopic (exact) mass is 254 g/mol. The second kappa shape index (κ2) is 6.59. The number of rotatable bonds is 1. The van der Waals surface area contributed by atoms with Crippen molar-refractivity contribution in [3.63, 3.8) is 0 Å². The highest BCUT2D eigenvalue weighted by Gasteiger charge is 2.04. The number of nitrogens with one attached hydrogen (secondary N) is 1. The Balaban J connectivity index is 0.000000141. The maximum atomic E-state index is 10.4.